The van der Waals surface area contributed by atoms with E-state index in [4.69, 9.17) is 26.8 Å². The van der Waals surface area contributed by atoms with Crippen LogP contribution in [0.25, 0.3) is 22.3 Å². The summed E-state index contributed by atoms with van der Waals surface area (Å²) in [5.41, 5.74) is -2.30. The lowest BCUT2D eigenvalue weighted by Gasteiger charge is -2.35. The molecule has 0 N–H and O–H groups in total. The van der Waals surface area contributed by atoms with Crippen LogP contribution in [0, 0.1) is 0 Å². The van der Waals surface area contributed by atoms with Crippen LogP contribution in [-0.4, -0.2) is 20.2 Å². The van der Waals surface area contributed by atoms with E-state index in [9.17, 15) is 21.6 Å². The Bertz CT molecular complexity index is 1360. The van der Waals surface area contributed by atoms with Gasteiger partial charge < -0.3 is 0 Å². The second-order valence-electron chi connectivity index (χ2n) is 7.87. The van der Waals surface area contributed by atoms with Crippen molar-refractivity contribution in [1.29, 1.82) is 0 Å². The quantitative estimate of drug-likeness (QED) is 0.217. The maximum absolute atomic E-state index is 13.3. The van der Waals surface area contributed by atoms with Gasteiger partial charge in [0, 0.05) is 19.8 Å². The molecule has 4 aromatic rings. The summed E-state index contributed by atoms with van der Waals surface area (Å²) in [6, 6.07) is 27.3. The minimum absolute atomic E-state index is 0.312. The number of hydrogen-bond acceptors (Lipinski definition) is 3. The number of hydrogen-bond donors (Lipinski definition) is 0. The fourth-order valence-electron chi connectivity index (χ4n) is 3.53. The Kier molecular flexibility index (Phi) is 7.46. The molecular formula is C26H19Cl2F3O3S2. The van der Waals surface area contributed by atoms with Crippen molar-refractivity contribution in [3.8, 4) is 22.3 Å². The first-order valence-electron chi connectivity index (χ1n) is 10.4. The van der Waals surface area contributed by atoms with E-state index in [0.29, 0.717) is 19.8 Å². The normalized spacial score (nSPS) is 12.9. The van der Waals surface area contributed by atoms with E-state index in [1.165, 1.54) is 6.26 Å². The summed E-state index contributed by atoms with van der Waals surface area (Å²) in [5, 5.41) is 1.14. The van der Waals surface area contributed by atoms with Gasteiger partial charge in [-0.1, -0.05) is 82.0 Å². The molecular weight excluding hydrogens is 552 g/mol. The van der Waals surface area contributed by atoms with Crippen molar-refractivity contribution in [2.24, 2.45) is 0 Å². The molecule has 10 heteroatoms. The molecule has 0 spiro atoms. The molecule has 0 saturated carbocycles. The van der Waals surface area contributed by atoms with E-state index in [1.807, 2.05) is 24.3 Å². The highest BCUT2D eigenvalue weighted by molar-refractivity contribution is 8.32. The first-order valence-corrected chi connectivity index (χ1v) is 14.5. The summed E-state index contributed by atoms with van der Waals surface area (Å²) in [6.07, 6.45) is 1.38. The number of alkyl halides is 3. The highest BCUT2D eigenvalue weighted by atomic mass is 35.5. The third kappa shape index (κ3) is 5.58. The molecule has 0 atom stereocenters. The van der Waals surface area contributed by atoms with Crippen LogP contribution < -0.4 is 0 Å². The zero-order valence-corrected chi connectivity index (χ0v) is 21.8. The minimum Gasteiger partial charge on any atom is -0.204 e. The molecule has 36 heavy (non-hydrogen) atoms. The van der Waals surface area contributed by atoms with Gasteiger partial charge in [-0.2, -0.15) is 21.6 Å². The maximum Gasteiger partial charge on any atom is 0.523 e. The average Bonchev–Trinajstić information content (AvgIpc) is 2.84. The Labute approximate surface area is 219 Å². The maximum atomic E-state index is 13.3. The Balaban J connectivity index is 1.76. The van der Waals surface area contributed by atoms with Gasteiger partial charge in [0.2, 0.25) is 0 Å². The molecule has 0 heterocycles. The van der Waals surface area contributed by atoms with Crippen molar-refractivity contribution < 1.29 is 25.2 Å². The second-order valence-corrected chi connectivity index (χ2v) is 13.3. The molecule has 0 amide bonds. The van der Waals surface area contributed by atoms with Gasteiger partial charge in [0.05, 0.1) is 0 Å². The summed E-state index contributed by atoms with van der Waals surface area (Å²) < 4.78 is 69.1. The van der Waals surface area contributed by atoms with Gasteiger partial charge in [-0.25, -0.2) is 3.63 Å². The second kappa shape index (κ2) is 10.1. The molecule has 3 nitrogen and oxygen atoms in total. The average molecular weight is 571 g/mol. The van der Waals surface area contributed by atoms with E-state index in [-0.39, 0.29) is 0 Å². The van der Waals surface area contributed by atoms with Crippen molar-refractivity contribution in [1.82, 2.24) is 0 Å². The zero-order valence-electron chi connectivity index (χ0n) is 18.7. The van der Waals surface area contributed by atoms with Crippen LogP contribution in [0.15, 0.2) is 107 Å². The van der Waals surface area contributed by atoms with Gasteiger partial charge in [-0.3, -0.25) is 0 Å². The highest BCUT2D eigenvalue weighted by Gasteiger charge is 2.51. The Hall–Kier alpha value is -2.49. The monoisotopic (exact) mass is 570 g/mol. The molecule has 0 bridgehead atoms. The summed E-state index contributed by atoms with van der Waals surface area (Å²) in [7, 11) is -8.98. The van der Waals surface area contributed by atoms with Crippen molar-refractivity contribution in [3.05, 3.63) is 107 Å². The van der Waals surface area contributed by atoms with Gasteiger partial charge in [0.25, 0.3) is 0 Å². The summed E-state index contributed by atoms with van der Waals surface area (Å²) in [5.74, 6) is 0. The Morgan fingerprint density at radius 1 is 0.583 bits per heavy atom. The van der Waals surface area contributed by atoms with Crippen LogP contribution in [0.2, 0.25) is 10.0 Å². The van der Waals surface area contributed by atoms with Crippen molar-refractivity contribution in [3.63, 3.8) is 0 Å². The first-order chi connectivity index (χ1) is 16.9. The number of rotatable bonds is 6. The lowest BCUT2D eigenvalue weighted by molar-refractivity contribution is -0.0496. The molecule has 0 aliphatic heterocycles. The van der Waals surface area contributed by atoms with E-state index in [0.717, 1.165) is 22.3 Å². The fourth-order valence-corrected chi connectivity index (χ4v) is 7.74. The molecule has 4 aromatic carbocycles. The SMILES string of the molecule is CS(OS(=O)(=O)C(F)(F)F)(c1ccc(-c2ccc(Cl)cc2)cc1)c1ccc(-c2ccc(Cl)cc2)cc1. The van der Waals surface area contributed by atoms with Crippen molar-refractivity contribution >= 4 is 43.6 Å². The molecule has 0 aliphatic carbocycles. The molecule has 4 rings (SSSR count). The van der Waals surface area contributed by atoms with Gasteiger partial charge >= 0.3 is 15.6 Å². The van der Waals surface area contributed by atoms with E-state index < -0.39 is 25.9 Å². The van der Waals surface area contributed by atoms with Gasteiger partial charge in [0.15, 0.2) is 0 Å². The molecule has 0 fully saturated rings. The predicted octanol–water partition coefficient (Wildman–Crippen LogP) is 8.96. The first kappa shape index (κ1) is 26.6. The number of halogens is 5. The summed E-state index contributed by atoms with van der Waals surface area (Å²) >= 11 is 11.9. The smallest absolute Gasteiger partial charge is 0.204 e. The van der Waals surface area contributed by atoms with E-state index in [1.54, 1.807) is 72.8 Å². The molecule has 0 aromatic heterocycles. The van der Waals surface area contributed by atoms with E-state index >= 15 is 0 Å². The minimum atomic E-state index is -5.88. The Morgan fingerprint density at radius 2 is 0.861 bits per heavy atom. The molecule has 0 aliphatic rings. The Morgan fingerprint density at radius 3 is 1.14 bits per heavy atom. The fraction of sp³-hybridized carbons (Fsp3) is 0.0769. The standard InChI is InChI=1S/C26H19Cl2F3O3S2/c1-35(34-36(32,33)26(29,30)31,24-14-6-20(7-15-24)18-2-10-22(27)11-3-18)25-16-8-21(9-17-25)19-4-12-23(28)13-5-19/h2-17H,1H3. The van der Waals surface area contributed by atoms with Crippen LogP contribution in [-0.2, 0) is 13.7 Å². The van der Waals surface area contributed by atoms with Gasteiger partial charge in [-0.15, -0.1) is 0 Å². The van der Waals surface area contributed by atoms with Crippen molar-refractivity contribution in [2.45, 2.75) is 15.3 Å². The van der Waals surface area contributed by atoms with Crippen LogP contribution in [0.3, 0.4) is 0 Å². The lowest BCUT2D eigenvalue weighted by Crippen LogP contribution is -2.27. The highest BCUT2D eigenvalue weighted by Crippen LogP contribution is 2.62. The largest absolute Gasteiger partial charge is 0.523 e. The van der Waals surface area contributed by atoms with Crippen LogP contribution >= 0.6 is 33.5 Å². The number of benzene rings is 4. The van der Waals surface area contributed by atoms with Crippen LogP contribution in [0.4, 0.5) is 13.2 Å². The molecule has 188 valence electrons. The predicted molar refractivity (Wildman–Crippen MR) is 140 cm³/mol. The van der Waals surface area contributed by atoms with Crippen molar-refractivity contribution in [2.75, 3.05) is 6.26 Å². The molecule has 0 unspecified atom stereocenters. The summed E-state index contributed by atoms with van der Waals surface area (Å²) in [4.78, 5) is 0.625. The lowest BCUT2D eigenvalue weighted by atomic mass is 10.1. The van der Waals surface area contributed by atoms with Crippen LogP contribution in [0.5, 0.6) is 0 Å². The van der Waals surface area contributed by atoms with E-state index in [2.05, 4.69) is 0 Å². The third-order valence-corrected chi connectivity index (χ3v) is 10.7. The van der Waals surface area contributed by atoms with Gasteiger partial charge in [0.1, 0.15) is 0 Å². The summed E-state index contributed by atoms with van der Waals surface area (Å²) in [6.45, 7) is 0. The topological polar surface area (TPSA) is 43.4 Å². The van der Waals surface area contributed by atoms with Gasteiger partial charge in [-0.05, 0) is 77.0 Å². The molecule has 0 saturated heterocycles. The molecule has 0 radical (unpaired) electrons. The third-order valence-electron chi connectivity index (χ3n) is 5.47. The van der Waals surface area contributed by atoms with Crippen LogP contribution in [0.1, 0.15) is 0 Å². The zero-order chi connectivity index (χ0) is 26.1.